The maximum Gasteiger partial charge on any atom is 0.225 e. The first-order valence-corrected chi connectivity index (χ1v) is 9.58. The Morgan fingerprint density at radius 3 is 2.31 bits per heavy atom. The van der Waals surface area contributed by atoms with E-state index >= 15 is 0 Å². The Labute approximate surface area is 156 Å². The zero-order valence-electron chi connectivity index (χ0n) is 16.2. The van der Waals surface area contributed by atoms with Gasteiger partial charge in [-0.15, -0.1) is 0 Å². The van der Waals surface area contributed by atoms with Gasteiger partial charge in [-0.05, 0) is 30.7 Å². The zero-order chi connectivity index (χ0) is 19.1. The van der Waals surface area contributed by atoms with Crippen molar-refractivity contribution < 1.29 is 14.3 Å². The molecule has 1 aromatic carbocycles. The summed E-state index contributed by atoms with van der Waals surface area (Å²) in [7, 11) is 1.57. The molecule has 144 valence electrons. The molecule has 5 nitrogen and oxygen atoms in total. The maximum absolute atomic E-state index is 12.7. The van der Waals surface area contributed by atoms with Crippen molar-refractivity contribution in [3.8, 4) is 0 Å². The Morgan fingerprint density at radius 2 is 1.81 bits per heavy atom. The van der Waals surface area contributed by atoms with Gasteiger partial charge in [-0.2, -0.15) is 0 Å². The summed E-state index contributed by atoms with van der Waals surface area (Å²) in [6, 6.07) is 8.01. The van der Waals surface area contributed by atoms with E-state index in [0.717, 1.165) is 24.8 Å². The van der Waals surface area contributed by atoms with Crippen LogP contribution in [0.3, 0.4) is 0 Å². The first-order chi connectivity index (χ1) is 12.4. The van der Waals surface area contributed by atoms with Crippen molar-refractivity contribution >= 4 is 11.7 Å². The van der Waals surface area contributed by atoms with Gasteiger partial charge in [-0.25, -0.2) is 0 Å². The molecular formula is C21H32N2O3. The summed E-state index contributed by atoms with van der Waals surface area (Å²) >= 11 is 0. The molecule has 1 saturated heterocycles. The lowest BCUT2D eigenvalue weighted by atomic mass is 9.88. The van der Waals surface area contributed by atoms with Crippen LogP contribution in [0.4, 0.5) is 0 Å². The van der Waals surface area contributed by atoms with E-state index in [2.05, 4.69) is 26.0 Å². The second-order valence-corrected chi connectivity index (χ2v) is 7.61. The van der Waals surface area contributed by atoms with Crippen molar-refractivity contribution in [2.45, 2.75) is 45.6 Å². The number of nitrogens with zero attached hydrogens (tertiary/aromatic N) is 1. The van der Waals surface area contributed by atoms with E-state index in [1.54, 1.807) is 7.11 Å². The van der Waals surface area contributed by atoms with Crippen molar-refractivity contribution in [1.82, 2.24) is 4.90 Å². The quantitative estimate of drug-likeness (QED) is 0.724. The Bertz CT molecular complexity index is 586. The molecule has 1 aliphatic rings. The van der Waals surface area contributed by atoms with Crippen LogP contribution in [0.1, 0.15) is 49.0 Å². The SMILES string of the molecule is COC(CN)CC(=O)N1CCC(C(=O)c2ccc(CC(C)C)cc2)CC1. The number of methoxy groups -OCH3 is 1. The van der Waals surface area contributed by atoms with Gasteiger partial charge in [0, 0.05) is 38.2 Å². The number of hydrogen-bond donors (Lipinski definition) is 1. The first-order valence-electron chi connectivity index (χ1n) is 9.58. The topological polar surface area (TPSA) is 72.6 Å². The van der Waals surface area contributed by atoms with Gasteiger partial charge < -0.3 is 15.4 Å². The standard InChI is InChI=1S/C21H32N2O3/c1-15(2)12-16-4-6-17(7-5-16)21(25)18-8-10-23(11-9-18)20(24)13-19(14-22)26-3/h4-7,15,18-19H,8-14,22H2,1-3H3. The van der Waals surface area contributed by atoms with Gasteiger partial charge >= 0.3 is 0 Å². The highest BCUT2D eigenvalue weighted by molar-refractivity contribution is 5.98. The van der Waals surface area contributed by atoms with Crippen LogP contribution in [0.15, 0.2) is 24.3 Å². The predicted octanol–water partition coefficient (Wildman–Crippen LogP) is 2.67. The number of likely N-dealkylation sites (tertiary alicyclic amines) is 1. The van der Waals surface area contributed by atoms with E-state index in [0.29, 0.717) is 32.0 Å². The fourth-order valence-corrected chi connectivity index (χ4v) is 3.49. The normalized spacial score (nSPS) is 16.7. The molecule has 2 rings (SSSR count). The number of hydrogen-bond acceptors (Lipinski definition) is 4. The first kappa shape index (κ1) is 20.6. The number of carbonyl (C=O) groups is 2. The number of rotatable bonds is 8. The molecule has 1 aromatic rings. The Kier molecular flexibility index (Phi) is 7.79. The van der Waals surface area contributed by atoms with Crippen LogP contribution < -0.4 is 5.73 Å². The minimum absolute atomic E-state index is 0.00253. The third kappa shape index (κ3) is 5.64. The number of benzene rings is 1. The van der Waals surface area contributed by atoms with Gasteiger partial charge in [0.25, 0.3) is 0 Å². The summed E-state index contributed by atoms with van der Waals surface area (Å²) in [4.78, 5) is 26.9. The lowest BCUT2D eigenvalue weighted by Gasteiger charge is -2.32. The highest BCUT2D eigenvalue weighted by Gasteiger charge is 2.28. The summed E-state index contributed by atoms with van der Waals surface area (Å²) in [6.07, 6.45) is 2.55. The molecule has 0 spiro atoms. The van der Waals surface area contributed by atoms with Crippen LogP contribution in [0.25, 0.3) is 0 Å². The van der Waals surface area contributed by atoms with Gasteiger partial charge in [0.05, 0.1) is 12.5 Å². The molecule has 0 radical (unpaired) electrons. The number of carbonyl (C=O) groups excluding carboxylic acids is 2. The zero-order valence-corrected chi connectivity index (χ0v) is 16.2. The molecule has 0 saturated carbocycles. The van der Waals surface area contributed by atoms with E-state index in [1.165, 1.54) is 5.56 Å². The third-order valence-corrected chi connectivity index (χ3v) is 5.10. The number of amides is 1. The minimum atomic E-state index is -0.230. The molecule has 1 amide bonds. The average molecular weight is 360 g/mol. The minimum Gasteiger partial charge on any atom is -0.380 e. The van der Waals surface area contributed by atoms with Crippen molar-refractivity contribution in [3.05, 3.63) is 35.4 Å². The summed E-state index contributed by atoms with van der Waals surface area (Å²) in [5.74, 6) is 0.870. The molecule has 5 heteroatoms. The number of ketones is 1. The van der Waals surface area contributed by atoms with Gasteiger partial charge in [-0.1, -0.05) is 38.1 Å². The number of nitrogens with two attached hydrogens (primary N) is 1. The summed E-state index contributed by atoms with van der Waals surface area (Å²) in [5.41, 5.74) is 7.63. The van der Waals surface area contributed by atoms with Crippen LogP contribution in [0.2, 0.25) is 0 Å². The second kappa shape index (κ2) is 9.83. The van der Waals surface area contributed by atoms with E-state index in [9.17, 15) is 9.59 Å². The average Bonchev–Trinajstić information content (AvgIpc) is 2.65. The molecule has 1 fully saturated rings. The molecule has 0 aliphatic carbocycles. The Balaban J connectivity index is 1.87. The summed E-state index contributed by atoms with van der Waals surface area (Å²) in [6.45, 7) is 5.97. The van der Waals surface area contributed by atoms with Gasteiger partial charge in [0.1, 0.15) is 0 Å². The van der Waals surface area contributed by atoms with E-state index < -0.39 is 0 Å². The highest BCUT2D eigenvalue weighted by Crippen LogP contribution is 2.23. The van der Waals surface area contributed by atoms with Crippen molar-refractivity contribution in [3.63, 3.8) is 0 Å². The number of ether oxygens (including phenoxy) is 1. The molecule has 26 heavy (non-hydrogen) atoms. The Hall–Kier alpha value is -1.72. The fraction of sp³-hybridized carbons (Fsp3) is 0.619. The lowest BCUT2D eigenvalue weighted by Crippen LogP contribution is -2.42. The largest absolute Gasteiger partial charge is 0.380 e. The summed E-state index contributed by atoms with van der Waals surface area (Å²) in [5, 5.41) is 0. The molecule has 1 unspecified atom stereocenters. The van der Waals surface area contributed by atoms with Gasteiger partial charge in [-0.3, -0.25) is 9.59 Å². The van der Waals surface area contributed by atoms with Crippen molar-refractivity contribution in [2.75, 3.05) is 26.7 Å². The van der Waals surface area contributed by atoms with E-state index in [-0.39, 0.29) is 23.7 Å². The summed E-state index contributed by atoms with van der Waals surface area (Å²) < 4.78 is 5.19. The Morgan fingerprint density at radius 1 is 1.19 bits per heavy atom. The van der Waals surface area contributed by atoms with Gasteiger partial charge in [0.15, 0.2) is 5.78 Å². The molecular weight excluding hydrogens is 328 g/mol. The number of piperidine rings is 1. The molecule has 1 aliphatic heterocycles. The van der Waals surface area contributed by atoms with Gasteiger partial charge in [0.2, 0.25) is 5.91 Å². The van der Waals surface area contributed by atoms with Crippen LogP contribution in [0, 0.1) is 11.8 Å². The molecule has 1 atom stereocenters. The van der Waals surface area contributed by atoms with Crippen LogP contribution in [-0.4, -0.2) is 49.4 Å². The van der Waals surface area contributed by atoms with E-state index in [4.69, 9.17) is 10.5 Å². The van der Waals surface area contributed by atoms with Crippen LogP contribution in [0.5, 0.6) is 0 Å². The smallest absolute Gasteiger partial charge is 0.225 e. The second-order valence-electron chi connectivity index (χ2n) is 7.61. The molecule has 0 aromatic heterocycles. The van der Waals surface area contributed by atoms with Crippen molar-refractivity contribution in [1.29, 1.82) is 0 Å². The van der Waals surface area contributed by atoms with E-state index in [1.807, 2.05) is 17.0 Å². The highest BCUT2D eigenvalue weighted by atomic mass is 16.5. The monoisotopic (exact) mass is 360 g/mol. The lowest BCUT2D eigenvalue weighted by molar-refractivity contribution is -0.134. The molecule has 0 bridgehead atoms. The predicted molar refractivity (Wildman–Crippen MR) is 103 cm³/mol. The van der Waals surface area contributed by atoms with Crippen molar-refractivity contribution in [2.24, 2.45) is 17.6 Å². The maximum atomic E-state index is 12.7. The van der Waals surface area contributed by atoms with Crippen LogP contribution in [-0.2, 0) is 16.0 Å². The molecule has 2 N–H and O–H groups in total. The fourth-order valence-electron chi connectivity index (χ4n) is 3.49. The number of Topliss-reactive ketones (excluding diaryl/α,β-unsaturated/α-hetero) is 1. The third-order valence-electron chi connectivity index (χ3n) is 5.10. The molecule has 1 heterocycles. The van der Waals surface area contributed by atoms with Crippen LogP contribution >= 0.6 is 0 Å².